The van der Waals surface area contributed by atoms with E-state index in [1.165, 1.54) is 17.0 Å². The van der Waals surface area contributed by atoms with Crippen LogP contribution >= 0.6 is 0 Å². The maximum atomic E-state index is 4.30. The van der Waals surface area contributed by atoms with E-state index in [1.54, 1.807) is 0 Å². The summed E-state index contributed by atoms with van der Waals surface area (Å²) in [7, 11) is 1.97. The normalized spacial score (nSPS) is 11.6. The molecule has 0 fully saturated rings. The molecule has 3 rings (SSSR count). The van der Waals surface area contributed by atoms with Crippen LogP contribution in [0.4, 0.5) is 0 Å². The quantitative estimate of drug-likeness (QED) is 0.661. The molecule has 3 aromatic heterocycles. The predicted octanol–water partition coefficient (Wildman–Crippen LogP) is 3.57. The molecule has 0 radical (unpaired) electrons. The summed E-state index contributed by atoms with van der Waals surface area (Å²) in [6.07, 6.45) is 7.79. The van der Waals surface area contributed by atoms with Gasteiger partial charge in [0.15, 0.2) is 0 Å². The number of pyridine rings is 1. The molecule has 0 aliphatic carbocycles. The van der Waals surface area contributed by atoms with E-state index in [4.69, 9.17) is 0 Å². The number of hydrogen-bond donors (Lipinski definition) is 0. The fourth-order valence-corrected chi connectivity index (χ4v) is 3.31. The average Bonchev–Trinajstić information content (AvgIpc) is 3.13. The highest BCUT2D eigenvalue weighted by Crippen LogP contribution is 2.19. The number of rotatable bonds is 7. The van der Waals surface area contributed by atoms with Crippen molar-refractivity contribution in [2.75, 3.05) is 6.54 Å². The Kier molecular flexibility index (Phi) is 5.34. The fraction of sp³-hybridized carbons (Fsp3) is 0.400. The van der Waals surface area contributed by atoms with E-state index in [1.807, 2.05) is 36.4 Å². The van der Waals surface area contributed by atoms with Gasteiger partial charge in [0.25, 0.3) is 0 Å². The smallest absolute Gasteiger partial charge is 0.0639 e. The van der Waals surface area contributed by atoms with Crippen molar-refractivity contribution in [2.45, 2.75) is 33.9 Å². The number of nitrogens with zero attached hydrogens (tertiary/aromatic N) is 5. The Hall–Kier alpha value is -2.40. The Morgan fingerprint density at radius 3 is 2.60 bits per heavy atom. The van der Waals surface area contributed by atoms with Gasteiger partial charge in [-0.15, -0.1) is 0 Å². The average molecular weight is 337 g/mol. The molecule has 0 atom stereocenters. The van der Waals surface area contributed by atoms with Crippen LogP contribution in [0.25, 0.3) is 5.69 Å². The molecule has 3 aromatic rings. The summed E-state index contributed by atoms with van der Waals surface area (Å²) in [6.45, 7) is 9.53. The van der Waals surface area contributed by atoms with Crippen molar-refractivity contribution in [3.8, 4) is 5.69 Å². The largest absolute Gasteiger partial charge is 0.315 e. The lowest BCUT2D eigenvalue weighted by Crippen LogP contribution is -2.28. The topological polar surface area (TPSA) is 38.9 Å². The molecule has 132 valence electrons. The summed E-state index contributed by atoms with van der Waals surface area (Å²) in [6, 6.07) is 8.50. The van der Waals surface area contributed by atoms with E-state index in [0.717, 1.165) is 25.3 Å². The molecule has 25 heavy (non-hydrogen) atoms. The third-order valence-electron chi connectivity index (χ3n) is 4.23. The standard InChI is InChI=1S/C20H27N5/c1-16(2)12-24(14-18-10-22-23(4)13-18)15-20-8-7-17(3)25(20)19-6-5-9-21-11-19/h5-11,13,16H,12,14-15H2,1-4H3. The van der Waals surface area contributed by atoms with Gasteiger partial charge in [-0.1, -0.05) is 13.8 Å². The zero-order chi connectivity index (χ0) is 17.8. The van der Waals surface area contributed by atoms with Crippen LogP contribution in [0.3, 0.4) is 0 Å². The predicted molar refractivity (Wildman–Crippen MR) is 100 cm³/mol. The minimum absolute atomic E-state index is 0.611. The van der Waals surface area contributed by atoms with Crippen molar-refractivity contribution in [2.24, 2.45) is 13.0 Å². The van der Waals surface area contributed by atoms with Gasteiger partial charge in [-0.05, 0) is 37.1 Å². The van der Waals surface area contributed by atoms with E-state index in [2.05, 4.69) is 64.7 Å². The van der Waals surface area contributed by atoms with Crippen LogP contribution < -0.4 is 0 Å². The number of aryl methyl sites for hydroxylation is 2. The molecule has 0 spiro atoms. The summed E-state index contributed by atoms with van der Waals surface area (Å²) in [4.78, 5) is 6.76. The zero-order valence-electron chi connectivity index (χ0n) is 15.6. The highest BCUT2D eigenvalue weighted by molar-refractivity contribution is 5.35. The molecule has 0 N–H and O–H groups in total. The molecular formula is C20H27N5. The van der Waals surface area contributed by atoms with Crippen LogP contribution in [0.2, 0.25) is 0 Å². The van der Waals surface area contributed by atoms with Gasteiger partial charge in [-0.25, -0.2) is 0 Å². The molecule has 3 heterocycles. The second kappa shape index (κ2) is 7.66. The molecular weight excluding hydrogens is 310 g/mol. The van der Waals surface area contributed by atoms with Crippen molar-refractivity contribution >= 4 is 0 Å². The minimum Gasteiger partial charge on any atom is -0.315 e. The first-order valence-electron chi connectivity index (χ1n) is 8.80. The van der Waals surface area contributed by atoms with Gasteiger partial charge in [-0.3, -0.25) is 14.6 Å². The molecule has 0 aliphatic rings. The lowest BCUT2D eigenvalue weighted by molar-refractivity contribution is 0.224. The molecule has 0 bridgehead atoms. The Bertz CT molecular complexity index is 801. The number of aromatic nitrogens is 4. The summed E-state index contributed by atoms with van der Waals surface area (Å²) >= 11 is 0. The first-order valence-corrected chi connectivity index (χ1v) is 8.80. The van der Waals surface area contributed by atoms with Crippen molar-refractivity contribution in [1.82, 2.24) is 24.2 Å². The van der Waals surface area contributed by atoms with Gasteiger partial charge >= 0.3 is 0 Å². The van der Waals surface area contributed by atoms with E-state index in [0.29, 0.717) is 5.92 Å². The van der Waals surface area contributed by atoms with Crippen LogP contribution in [-0.4, -0.2) is 30.8 Å². The van der Waals surface area contributed by atoms with Gasteiger partial charge in [0.2, 0.25) is 0 Å². The Morgan fingerprint density at radius 2 is 1.96 bits per heavy atom. The summed E-state index contributed by atoms with van der Waals surface area (Å²) in [5.74, 6) is 0.611. The zero-order valence-corrected chi connectivity index (χ0v) is 15.6. The van der Waals surface area contributed by atoms with E-state index >= 15 is 0 Å². The van der Waals surface area contributed by atoms with Gasteiger partial charge in [0.1, 0.15) is 0 Å². The van der Waals surface area contributed by atoms with Crippen LogP contribution in [0.15, 0.2) is 49.1 Å². The second-order valence-electron chi connectivity index (χ2n) is 7.10. The molecule has 0 saturated heterocycles. The van der Waals surface area contributed by atoms with Crippen LogP contribution in [0.5, 0.6) is 0 Å². The van der Waals surface area contributed by atoms with Crippen molar-refractivity contribution < 1.29 is 0 Å². The SMILES string of the molecule is Cc1ccc(CN(Cc2cnn(C)c2)CC(C)C)n1-c1cccnc1. The van der Waals surface area contributed by atoms with Gasteiger partial charge < -0.3 is 4.57 Å². The monoisotopic (exact) mass is 337 g/mol. The fourth-order valence-electron chi connectivity index (χ4n) is 3.31. The van der Waals surface area contributed by atoms with Crippen molar-refractivity contribution in [3.05, 3.63) is 66.0 Å². The molecule has 0 aromatic carbocycles. The van der Waals surface area contributed by atoms with Gasteiger partial charge in [0.05, 0.1) is 18.1 Å². The molecule has 0 aliphatic heterocycles. The lowest BCUT2D eigenvalue weighted by Gasteiger charge is -2.25. The van der Waals surface area contributed by atoms with Crippen molar-refractivity contribution in [3.63, 3.8) is 0 Å². The van der Waals surface area contributed by atoms with Gasteiger partial charge in [0, 0.05) is 56.0 Å². The Morgan fingerprint density at radius 1 is 1.12 bits per heavy atom. The minimum atomic E-state index is 0.611. The molecule has 0 saturated carbocycles. The summed E-state index contributed by atoms with van der Waals surface area (Å²) < 4.78 is 4.16. The van der Waals surface area contributed by atoms with E-state index in [-0.39, 0.29) is 0 Å². The molecule has 5 heteroatoms. The van der Waals surface area contributed by atoms with Crippen molar-refractivity contribution in [1.29, 1.82) is 0 Å². The molecule has 0 amide bonds. The Labute approximate surface area is 149 Å². The third-order valence-corrected chi connectivity index (χ3v) is 4.23. The third kappa shape index (κ3) is 4.37. The second-order valence-corrected chi connectivity index (χ2v) is 7.10. The first kappa shape index (κ1) is 17.4. The first-order chi connectivity index (χ1) is 12.0. The summed E-state index contributed by atoms with van der Waals surface area (Å²) in [5, 5.41) is 4.30. The highest BCUT2D eigenvalue weighted by Gasteiger charge is 2.14. The molecule has 5 nitrogen and oxygen atoms in total. The lowest BCUT2D eigenvalue weighted by atomic mass is 10.2. The molecule has 0 unspecified atom stereocenters. The maximum absolute atomic E-state index is 4.30. The van der Waals surface area contributed by atoms with E-state index < -0.39 is 0 Å². The van der Waals surface area contributed by atoms with Gasteiger partial charge in [-0.2, -0.15) is 5.10 Å². The van der Waals surface area contributed by atoms with Crippen LogP contribution in [-0.2, 0) is 20.1 Å². The highest BCUT2D eigenvalue weighted by atomic mass is 15.2. The van der Waals surface area contributed by atoms with Crippen LogP contribution in [0.1, 0.15) is 30.8 Å². The summed E-state index contributed by atoms with van der Waals surface area (Å²) in [5.41, 5.74) is 4.88. The Balaban J connectivity index is 1.84. The van der Waals surface area contributed by atoms with Crippen LogP contribution in [0, 0.1) is 12.8 Å². The maximum Gasteiger partial charge on any atom is 0.0639 e. The van der Waals surface area contributed by atoms with E-state index in [9.17, 15) is 0 Å². The number of hydrogen-bond acceptors (Lipinski definition) is 3.